The molecule has 0 saturated carbocycles. The molecule has 0 bridgehead atoms. The number of carbonyl (C=O) groups is 3. The van der Waals surface area contributed by atoms with Crippen molar-refractivity contribution < 1.29 is 28.2 Å². The van der Waals surface area contributed by atoms with Crippen molar-refractivity contribution >= 4 is 52.7 Å². The van der Waals surface area contributed by atoms with E-state index in [9.17, 15) is 18.8 Å². The third-order valence-electron chi connectivity index (χ3n) is 8.11. The lowest BCUT2D eigenvalue weighted by Crippen LogP contribution is -2.40. The maximum atomic E-state index is 14.8. The maximum Gasteiger partial charge on any atom is 0.410 e. The Morgan fingerprint density at radius 2 is 1.88 bits per heavy atom. The number of nitrogens with zero attached hydrogens (tertiary/aromatic N) is 7. The molecule has 2 aliphatic rings. The van der Waals surface area contributed by atoms with Gasteiger partial charge in [0, 0.05) is 56.4 Å². The molecule has 5 rings (SSSR count). The molecule has 2 N–H and O–H groups in total. The molecule has 2 saturated heterocycles. The van der Waals surface area contributed by atoms with Crippen LogP contribution in [0.3, 0.4) is 0 Å². The molecule has 14 nitrogen and oxygen atoms in total. The first-order chi connectivity index (χ1) is 23.2. The highest BCUT2D eigenvalue weighted by molar-refractivity contribution is 6.30. The highest BCUT2D eigenvalue weighted by Crippen LogP contribution is 2.35. The summed E-state index contributed by atoms with van der Waals surface area (Å²) in [4.78, 5) is 52.0. The molecular weight excluding hydrogens is 657 g/mol. The summed E-state index contributed by atoms with van der Waals surface area (Å²) < 4.78 is 25.5. The minimum atomic E-state index is -0.751. The number of carbonyl (C=O) groups excluding carboxylic acids is 3. The molecule has 49 heavy (non-hydrogen) atoms. The van der Waals surface area contributed by atoms with Crippen LogP contribution >= 0.6 is 11.6 Å². The predicted molar refractivity (Wildman–Crippen MR) is 182 cm³/mol. The molecule has 16 heteroatoms. The van der Waals surface area contributed by atoms with Gasteiger partial charge in [0.25, 0.3) is 0 Å². The standard InChI is InChI=1S/C33H41ClFN9O5/c1-32(2,3)49-31(47)44-11-6-10-43(12-13-44)18-28(45)39-27-17-26(36-20-37-27)38-25-16-24(22-15-21(34)7-8-23(22)35)40-41-29(25)42(5)19-33(4)9-14-48-30(33)46/h7-8,15-17,20H,6,9-14,18-19H2,1-5H3,(H2,36,37,38,39,40,45). The van der Waals surface area contributed by atoms with Crippen LogP contribution in [0.1, 0.15) is 40.5 Å². The summed E-state index contributed by atoms with van der Waals surface area (Å²) in [6.07, 6.45) is 2.19. The van der Waals surface area contributed by atoms with Crippen LogP contribution in [0.15, 0.2) is 36.7 Å². The Bertz CT molecular complexity index is 1710. The van der Waals surface area contributed by atoms with E-state index in [0.717, 1.165) is 0 Å². The van der Waals surface area contributed by atoms with E-state index >= 15 is 0 Å². The van der Waals surface area contributed by atoms with Crippen molar-refractivity contribution in [3.63, 3.8) is 0 Å². The van der Waals surface area contributed by atoms with Crippen molar-refractivity contribution in [2.45, 2.75) is 46.1 Å². The van der Waals surface area contributed by atoms with Crippen molar-refractivity contribution in [2.75, 3.05) is 68.5 Å². The van der Waals surface area contributed by atoms with E-state index in [1.807, 2.05) is 32.6 Å². The summed E-state index contributed by atoms with van der Waals surface area (Å²) in [6, 6.07) is 7.33. The Morgan fingerprint density at radius 1 is 1.10 bits per heavy atom. The third-order valence-corrected chi connectivity index (χ3v) is 8.35. The highest BCUT2D eigenvalue weighted by atomic mass is 35.5. The molecule has 262 valence electrons. The summed E-state index contributed by atoms with van der Waals surface area (Å²) >= 11 is 6.15. The minimum Gasteiger partial charge on any atom is -0.465 e. The van der Waals surface area contributed by atoms with E-state index in [0.29, 0.717) is 68.0 Å². The van der Waals surface area contributed by atoms with Crippen LogP contribution in [0, 0.1) is 11.2 Å². The third kappa shape index (κ3) is 9.29. The van der Waals surface area contributed by atoms with Gasteiger partial charge in [0.1, 0.15) is 29.4 Å². The lowest BCUT2D eigenvalue weighted by Gasteiger charge is -2.28. The molecule has 2 amide bonds. The van der Waals surface area contributed by atoms with Crippen molar-refractivity contribution in [3.8, 4) is 11.3 Å². The average molecular weight is 698 g/mol. The smallest absolute Gasteiger partial charge is 0.410 e. The molecule has 2 aromatic heterocycles. The number of amides is 2. The Balaban J connectivity index is 1.30. The molecule has 4 heterocycles. The Morgan fingerprint density at radius 3 is 2.61 bits per heavy atom. The van der Waals surface area contributed by atoms with Gasteiger partial charge in [-0.25, -0.2) is 19.2 Å². The topological polar surface area (TPSA) is 155 Å². The molecule has 3 aromatic rings. The number of nitrogens with one attached hydrogen (secondary N) is 2. The van der Waals surface area contributed by atoms with Gasteiger partial charge in [-0.2, -0.15) is 0 Å². The summed E-state index contributed by atoms with van der Waals surface area (Å²) in [5.41, 5.74) is -0.547. The number of cyclic esters (lactones) is 1. The molecule has 2 aliphatic heterocycles. The molecule has 2 fully saturated rings. The number of ether oxygens (including phenoxy) is 2. The number of anilines is 4. The summed E-state index contributed by atoms with van der Waals surface area (Å²) in [6.45, 7) is 10.2. The molecule has 0 aliphatic carbocycles. The lowest BCUT2D eigenvalue weighted by molar-refractivity contribution is -0.145. The number of rotatable bonds is 9. The SMILES string of the molecule is CN(CC1(C)CCOC1=O)c1nnc(-c2cc(Cl)ccc2F)cc1Nc1cc(NC(=O)CN2CCCN(C(=O)OC(C)(C)C)CC2)ncn1. The van der Waals surface area contributed by atoms with Crippen molar-refractivity contribution in [1.29, 1.82) is 0 Å². The van der Waals surface area contributed by atoms with Gasteiger partial charge in [-0.3, -0.25) is 14.5 Å². The molecule has 1 aromatic carbocycles. The molecule has 0 radical (unpaired) electrons. The first-order valence-corrected chi connectivity index (χ1v) is 16.4. The van der Waals surface area contributed by atoms with E-state index in [1.54, 1.807) is 29.0 Å². The zero-order valence-corrected chi connectivity index (χ0v) is 29.0. The van der Waals surface area contributed by atoms with Crippen molar-refractivity contribution in [1.82, 2.24) is 30.0 Å². The Kier molecular flexibility index (Phi) is 10.8. The first-order valence-electron chi connectivity index (χ1n) is 16.0. The fourth-order valence-corrected chi connectivity index (χ4v) is 5.80. The predicted octanol–water partition coefficient (Wildman–Crippen LogP) is 4.74. The van der Waals surface area contributed by atoms with E-state index in [1.165, 1.54) is 24.5 Å². The Labute approximate surface area is 289 Å². The lowest BCUT2D eigenvalue weighted by atomic mass is 9.88. The second-order valence-electron chi connectivity index (χ2n) is 13.5. The summed E-state index contributed by atoms with van der Waals surface area (Å²) in [5, 5.41) is 15.0. The highest BCUT2D eigenvalue weighted by Gasteiger charge is 2.41. The fraction of sp³-hybridized carbons (Fsp3) is 0.485. The van der Waals surface area contributed by atoms with Gasteiger partial charge in [-0.1, -0.05) is 11.6 Å². The summed E-state index contributed by atoms with van der Waals surface area (Å²) in [5.74, 6) is -0.154. The van der Waals surface area contributed by atoms with Gasteiger partial charge in [0.2, 0.25) is 5.91 Å². The quantitative estimate of drug-likeness (QED) is 0.297. The molecule has 1 unspecified atom stereocenters. The average Bonchev–Trinajstić information content (AvgIpc) is 3.19. The van der Waals surface area contributed by atoms with Crippen LogP contribution in [0.4, 0.5) is 32.3 Å². The van der Waals surface area contributed by atoms with Crippen LogP contribution in [-0.2, 0) is 19.1 Å². The second kappa shape index (κ2) is 14.9. The van der Waals surface area contributed by atoms with Crippen LogP contribution < -0.4 is 15.5 Å². The van der Waals surface area contributed by atoms with E-state index in [4.69, 9.17) is 21.1 Å². The van der Waals surface area contributed by atoms with Gasteiger partial charge >= 0.3 is 12.1 Å². The zero-order chi connectivity index (χ0) is 35.3. The van der Waals surface area contributed by atoms with Crippen LogP contribution in [0.5, 0.6) is 0 Å². The second-order valence-corrected chi connectivity index (χ2v) is 13.9. The number of aromatic nitrogens is 4. The Hall–Kier alpha value is -4.63. The van der Waals surface area contributed by atoms with Gasteiger partial charge in [0.05, 0.1) is 29.9 Å². The van der Waals surface area contributed by atoms with Crippen LogP contribution in [0.25, 0.3) is 11.3 Å². The first kappa shape index (κ1) is 35.7. The van der Waals surface area contributed by atoms with Gasteiger partial charge in [-0.15, -0.1) is 10.2 Å². The molecular formula is C33H41ClFN9O5. The number of halogens is 2. The number of esters is 1. The van der Waals surface area contributed by atoms with E-state index in [2.05, 4.69) is 30.8 Å². The van der Waals surface area contributed by atoms with Gasteiger partial charge in [-0.05, 0) is 64.8 Å². The number of hydrogen-bond donors (Lipinski definition) is 2. The van der Waals surface area contributed by atoms with E-state index in [-0.39, 0.29) is 48.1 Å². The van der Waals surface area contributed by atoms with E-state index < -0.39 is 16.8 Å². The number of hydrogen-bond acceptors (Lipinski definition) is 12. The molecule has 0 spiro atoms. The van der Waals surface area contributed by atoms with Gasteiger partial charge < -0.3 is 29.9 Å². The minimum absolute atomic E-state index is 0.105. The fourth-order valence-electron chi connectivity index (χ4n) is 5.63. The van der Waals surface area contributed by atoms with Crippen molar-refractivity contribution in [2.24, 2.45) is 5.41 Å². The largest absolute Gasteiger partial charge is 0.465 e. The zero-order valence-electron chi connectivity index (χ0n) is 28.3. The van der Waals surface area contributed by atoms with Crippen LogP contribution in [0.2, 0.25) is 5.02 Å². The number of benzene rings is 1. The molecule has 1 atom stereocenters. The van der Waals surface area contributed by atoms with Crippen LogP contribution in [-0.4, -0.2) is 106 Å². The summed E-state index contributed by atoms with van der Waals surface area (Å²) in [7, 11) is 1.77. The van der Waals surface area contributed by atoms with Crippen molar-refractivity contribution in [3.05, 3.63) is 47.5 Å². The maximum absolute atomic E-state index is 14.8. The normalized spacial score (nSPS) is 18.4. The monoisotopic (exact) mass is 697 g/mol. The van der Waals surface area contributed by atoms with Gasteiger partial charge in [0.15, 0.2) is 5.82 Å².